The molecule has 2 atom stereocenters. The number of fused-ring (bicyclic) bond motifs is 1. The third-order valence-corrected chi connectivity index (χ3v) is 8.08. The molecule has 222 valence electrons. The number of carboxylic acid groups (broad SMARTS) is 1. The van der Waals surface area contributed by atoms with Crippen LogP contribution >= 0.6 is 0 Å². The van der Waals surface area contributed by atoms with Crippen molar-refractivity contribution in [1.82, 2.24) is 19.8 Å². The van der Waals surface area contributed by atoms with Crippen molar-refractivity contribution in [2.75, 3.05) is 58.4 Å². The van der Waals surface area contributed by atoms with Crippen LogP contribution in [0.3, 0.4) is 0 Å². The molecule has 0 amide bonds. The minimum Gasteiger partial charge on any atom is -0.480 e. The minimum absolute atomic E-state index is 0.0204. The zero-order valence-corrected chi connectivity index (χ0v) is 24.8. The minimum atomic E-state index is -0.856. The molecule has 0 bridgehead atoms. The summed E-state index contributed by atoms with van der Waals surface area (Å²) in [5.41, 5.74) is 4.47. The predicted octanol–water partition coefficient (Wildman–Crippen LogP) is 4.59. The van der Waals surface area contributed by atoms with Gasteiger partial charge in [-0.3, -0.25) is 19.6 Å². The average molecular weight is 572 g/mol. The third-order valence-electron chi connectivity index (χ3n) is 8.08. The molecule has 42 heavy (non-hydrogen) atoms. The van der Waals surface area contributed by atoms with Gasteiger partial charge in [-0.1, -0.05) is 43.3 Å². The zero-order valence-electron chi connectivity index (χ0n) is 24.8. The first-order chi connectivity index (χ1) is 20.3. The maximum Gasteiger partial charge on any atom is 0.317 e. The molecule has 3 aromatic rings. The maximum absolute atomic E-state index is 11.1. The molecule has 1 aromatic carbocycles. The van der Waals surface area contributed by atoms with Gasteiger partial charge in [-0.05, 0) is 60.9 Å². The number of morpholine rings is 1. The number of hydrogen-bond acceptors (Lipinski definition) is 8. The van der Waals surface area contributed by atoms with Crippen molar-refractivity contribution < 1.29 is 19.4 Å². The van der Waals surface area contributed by atoms with Crippen LogP contribution in [0.15, 0.2) is 67.0 Å². The van der Waals surface area contributed by atoms with E-state index in [-0.39, 0.29) is 12.5 Å². The number of aromatic nitrogens is 2. The number of allylic oxidation sites excluding steroid dienone is 2. The largest absolute Gasteiger partial charge is 0.480 e. The smallest absolute Gasteiger partial charge is 0.317 e. The van der Waals surface area contributed by atoms with Gasteiger partial charge in [0.1, 0.15) is 5.52 Å². The lowest BCUT2D eigenvalue weighted by molar-refractivity contribution is -0.138. The highest BCUT2D eigenvalue weighted by molar-refractivity contribution is 5.89. The van der Waals surface area contributed by atoms with Crippen LogP contribution in [0.1, 0.15) is 30.0 Å². The second-order valence-corrected chi connectivity index (χ2v) is 11.2. The van der Waals surface area contributed by atoms with Crippen LogP contribution in [0.2, 0.25) is 0 Å². The fourth-order valence-electron chi connectivity index (χ4n) is 5.81. The van der Waals surface area contributed by atoms with E-state index in [1.54, 1.807) is 24.3 Å². The fraction of sp³-hybridized carbons (Fsp3) is 0.424. The topological polar surface area (TPSA) is 100 Å². The number of pyridine rings is 2. The number of aryl methyl sites for hydroxylation is 1. The van der Waals surface area contributed by atoms with E-state index in [0.29, 0.717) is 19.0 Å². The number of carbonyl (C=O) groups is 1. The molecule has 5 rings (SSSR count). The van der Waals surface area contributed by atoms with E-state index in [1.807, 2.05) is 12.1 Å². The molecule has 3 heterocycles. The summed E-state index contributed by atoms with van der Waals surface area (Å²) in [6.07, 6.45) is 10.8. The number of hydrogen-bond donors (Lipinski definition) is 2. The molecule has 1 aliphatic carbocycles. The van der Waals surface area contributed by atoms with Crippen LogP contribution in [0, 0.1) is 12.8 Å². The van der Waals surface area contributed by atoms with E-state index in [2.05, 4.69) is 66.6 Å². The molecular weight excluding hydrogens is 530 g/mol. The van der Waals surface area contributed by atoms with Crippen LogP contribution in [-0.2, 0) is 20.8 Å². The zero-order chi connectivity index (χ0) is 29.5. The van der Waals surface area contributed by atoms with Gasteiger partial charge in [0.25, 0.3) is 0 Å². The number of ether oxygens (including phenoxy) is 2. The van der Waals surface area contributed by atoms with Gasteiger partial charge in [-0.2, -0.15) is 0 Å². The number of nitrogens with zero attached hydrogens (tertiary/aromatic N) is 4. The number of nitrogens with one attached hydrogen (secondary N) is 1. The van der Waals surface area contributed by atoms with Crippen molar-refractivity contribution in [3.8, 4) is 0 Å². The van der Waals surface area contributed by atoms with E-state index in [9.17, 15) is 4.79 Å². The standard InChI is InChI=1S/C33H41N5O4/c1-24-8-4-5-9-28(24)29-10-6-12-33(25(29)2,42-17-7-14-38-15-18-41-19-16-38)36-32-31-27(11-13-34-32)20-26(21-35-31)22-37(3)23-30(39)40/h4-6,8-13,20-21,25H,7,14-19,22-23H2,1-3H3,(H,34,36)(H,39,40). The first-order valence-corrected chi connectivity index (χ1v) is 14.7. The summed E-state index contributed by atoms with van der Waals surface area (Å²) in [5.74, 6) is -0.229. The normalized spacial score (nSPS) is 21.0. The number of anilines is 1. The second-order valence-electron chi connectivity index (χ2n) is 11.2. The monoisotopic (exact) mass is 571 g/mol. The van der Waals surface area contributed by atoms with E-state index in [4.69, 9.17) is 24.5 Å². The van der Waals surface area contributed by atoms with Gasteiger partial charge in [-0.15, -0.1) is 0 Å². The van der Waals surface area contributed by atoms with Crippen LogP contribution in [0.25, 0.3) is 16.5 Å². The Labute approximate surface area is 247 Å². The molecule has 2 N–H and O–H groups in total. The Morgan fingerprint density at radius 1 is 1.24 bits per heavy atom. The van der Waals surface area contributed by atoms with E-state index >= 15 is 0 Å². The highest BCUT2D eigenvalue weighted by atomic mass is 16.5. The summed E-state index contributed by atoms with van der Waals surface area (Å²) < 4.78 is 12.3. The summed E-state index contributed by atoms with van der Waals surface area (Å²) in [6.45, 7) is 9.83. The molecule has 2 unspecified atom stereocenters. The Balaban J connectivity index is 1.41. The van der Waals surface area contributed by atoms with Crippen molar-refractivity contribution in [3.63, 3.8) is 0 Å². The second kappa shape index (κ2) is 13.6. The molecule has 0 spiro atoms. The molecule has 0 saturated carbocycles. The number of benzene rings is 1. The number of rotatable bonds is 12. The Morgan fingerprint density at radius 3 is 2.83 bits per heavy atom. The molecule has 1 aliphatic heterocycles. The molecule has 1 fully saturated rings. The van der Waals surface area contributed by atoms with E-state index in [1.165, 1.54) is 16.7 Å². The van der Waals surface area contributed by atoms with Crippen molar-refractivity contribution >= 4 is 28.3 Å². The van der Waals surface area contributed by atoms with Gasteiger partial charge in [0.2, 0.25) is 0 Å². The fourth-order valence-corrected chi connectivity index (χ4v) is 5.81. The van der Waals surface area contributed by atoms with Gasteiger partial charge in [0, 0.05) is 49.9 Å². The van der Waals surface area contributed by atoms with Crippen LogP contribution in [0.5, 0.6) is 0 Å². The quantitative estimate of drug-likeness (QED) is 0.239. The lowest BCUT2D eigenvalue weighted by Gasteiger charge is -2.41. The Bertz CT molecular complexity index is 1450. The highest BCUT2D eigenvalue weighted by Crippen LogP contribution is 2.40. The summed E-state index contributed by atoms with van der Waals surface area (Å²) in [7, 11) is 1.79. The summed E-state index contributed by atoms with van der Waals surface area (Å²) in [4.78, 5) is 24.8. The van der Waals surface area contributed by atoms with Gasteiger partial charge in [0.05, 0.1) is 26.4 Å². The molecule has 2 aliphatic rings. The van der Waals surface area contributed by atoms with Gasteiger partial charge >= 0.3 is 5.97 Å². The summed E-state index contributed by atoms with van der Waals surface area (Å²) >= 11 is 0. The molecular formula is C33H41N5O4. The third kappa shape index (κ3) is 7.04. The number of carboxylic acids is 1. The predicted molar refractivity (Wildman–Crippen MR) is 165 cm³/mol. The van der Waals surface area contributed by atoms with E-state index in [0.717, 1.165) is 55.7 Å². The Hall–Kier alpha value is -3.63. The first-order valence-electron chi connectivity index (χ1n) is 14.7. The lowest BCUT2D eigenvalue weighted by atomic mass is 9.80. The SMILES string of the molecule is Cc1ccccc1C1=CC=CC(Nc2nccc3cc(CN(C)CC(=O)O)cnc23)(OCCCN2CCOCC2)C1C. The molecule has 2 aromatic heterocycles. The van der Waals surface area contributed by atoms with Crippen molar-refractivity contribution in [2.24, 2.45) is 5.92 Å². The Morgan fingerprint density at radius 2 is 2.05 bits per heavy atom. The molecule has 9 nitrogen and oxygen atoms in total. The highest BCUT2D eigenvalue weighted by Gasteiger charge is 2.40. The van der Waals surface area contributed by atoms with Crippen LogP contribution < -0.4 is 5.32 Å². The average Bonchev–Trinajstić information content (AvgIpc) is 2.97. The van der Waals surface area contributed by atoms with Crippen molar-refractivity contribution in [1.29, 1.82) is 0 Å². The summed E-state index contributed by atoms with van der Waals surface area (Å²) in [5, 5.41) is 13.7. The number of likely N-dealkylation sites (N-methyl/N-ethyl adjacent to an activating group) is 1. The van der Waals surface area contributed by atoms with Crippen molar-refractivity contribution in [3.05, 3.63) is 83.7 Å². The lowest BCUT2D eigenvalue weighted by Crippen LogP contribution is -2.48. The van der Waals surface area contributed by atoms with Gasteiger partial charge in [-0.25, -0.2) is 4.98 Å². The molecule has 1 saturated heterocycles. The molecule has 9 heteroatoms. The van der Waals surface area contributed by atoms with Crippen LogP contribution in [0.4, 0.5) is 5.82 Å². The Kier molecular flexibility index (Phi) is 9.64. The summed E-state index contributed by atoms with van der Waals surface area (Å²) in [6, 6.07) is 12.4. The van der Waals surface area contributed by atoms with Gasteiger partial charge < -0.3 is 19.9 Å². The van der Waals surface area contributed by atoms with Crippen LogP contribution in [-0.4, -0.2) is 89.6 Å². The maximum atomic E-state index is 11.1. The van der Waals surface area contributed by atoms with Gasteiger partial charge in [0.15, 0.2) is 11.5 Å². The number of aliphatic carboxylic acids is 1. The van der Waals surface area contributed by atoms with Crippen molar-refractivity contribution in [2.45, 2.75) is 32.5 Å². The van der Waals surface area contributed by atoms with E-state index < -0.39 is 11.7 Å². The first kappa shape index (κ1) is 29.8. The molecule has 0 radical (unpaired) electrons.